The summed E-state index contributed by atoms with van der Waals surface area (Å²) >= 11 is 0. The Labute approximate surface area is 419 Å². The van der Waals surface area contributed by atoms with Crippen LogP contribution in [0.1, 0.15) is 85.5 Å². The second kappa shape index (κ2) is 20.9. The van der Waals surface area contributed by atoms with Gasteiger partial charge in [-0.1, -0.05) is 39.3 Å². The Hall–Kier alpha value is -1.14. The summed E-state index contributed by atoms with van der Waals surface area (Å²) in [5.41, 5.74) is 1.44. The van der Waals surface area contributed by atoms with E-state index in [-0.39, 0.29) is 16.9 Å². The Kier molecular flexibility index (Phi) is 15.7. The Morgan fingerprint density at radius 2 is 1.24 bits per heavy atom. The van der Waals surface area contributed by atoms with Gasteiger partial charge in [0.25, 0.3) is 0 Å². The third kappa shape index (κ3) is 9.18. The second-order valence-corrected chi connectivity index (χ2v) is 23.5. The highest BCUT2D eigenvalue weighted by Gasteiger charge is 2.69. The third-order valence-electron chi connectivity index (χ3n) is 19.4. The van der Waals surface area contributed by atoms with Crippen molar-refractivity contribution in [2.45, 2.75) is 220 Å². The number of ether oxygens (including phenoxy) is 10. The molecule has 22 heteroatoms. The van der Waals surface area contributed by atoms with E-state index in [9.17, 15) is 61.3 Å². The van der Waals surface area contributed by atoms with Gasteiger partial charge in [-0.15, -0.1) is 0 Å². The van der Waals surface area contributed by atoms with Gasteiger partial charge in [-0.3, -0.25) is 0 Å². The molecule has 412 valence electrons. The fourth-order valence-electron chi connectivity index (χ4n) is 15.3. The number of fused-ring (bicyclic) bond motifs is 7. The highest BCUT2D eigenvalue weighted by molar-refractivity contribution is 5.26. The molecule has 12 N–H and O–H groups in total. The lowest BCUT2D eigenvalue weighted by Gasteiger charge is -2.58. The first-order valence-corrected chi connectivity index (χ1v) is 26.4. The molecule has 0 aromatic heterocycles. The third-order valence-corrected chi connectivity index (χ3v) is 19.4. The van der Waals surface area contributed by atoms with Crippen molar-refractivity contribution >= 4 is 0 Å². The van der Waals surface area contributed by atoms with E-state index in [2.05, 4.69) is 33.8 Å². The quantitative estimate of drug-likeness (QED) is 0.0964. The maximum Gasteiger partial charge on any atom is 0.187 e. The minimum Gasteiger partial charge on any atom is -0.394 e. The lowest BCUT2D eigenvalue weighted by atomic mass is 9.47. The van der Waals surface area contributed by atoms with Crippen molar-refractivity contribution in [3.63, 3.8) is 0 Å². The topological polar surface area (TPSA) is 335 Å². The Morgan fingerprint density at radius 1 is 0.597 bits per heavy atom. The van der Waals surface area contributed by atoms with Crippen LogP contribution < -0.4 is 0 Å². The normalized spacial score (nSPS) is 56.7. The Balaban J connectivity index is 0.826. The van der Waals surface area contributed by atoms with Gasteiger partial charge in [0.2, 0.25) is 0 Å². The van der Waals surface area contributed by atoms with Crippen molar-refractivity contribution in [2.24, 2.45) is 46.3 Å². The van der Waals surface area contributed by atoms with E-state index < -0.39 is 155 Å². The van der Waals surface area contributed by atoms with Crippen LogP contribution in [0.2, 0.25) is 0 Å². The molecule has 10 rings (SSSR count). The molecule has 10 aliphatic rings. The molecule has 0 amide bonds. The van der Waals surface area contributed by atoms with Gasteiger partial charge in [0, 0.05) is 12.3 Å². The summed E-state index contributed by atoms with van der Waals surface area (Å²) in [6.45, 7) is 7.28. The van der Waals surface area contributed by atoms with E-state index >= 15 is 0 Å². The summed E-state index contributed by atoms with van der Waals surface area (Å²) in [4.78, 5) is 0. The summed E-state index contributed by atoms with van der Waals surface area (Å²) in [6.07, 6.45) is -22.3. The fraction of sp³-hybridized carbons (Fsp3) is 0.960. The SMILES string of the molecule is C[C@@H]1CC[C@@]2(OC1)OC1CC3C4CC=C5C[C@@H](O[C@@H]6O[C@H](CO)[C@H](O[C@H]7O[C@@H](CO)[C@H](O)[C@@H](O[C@@H]8OC[C@@H](O)[C@H](O)[C@H]8O)[C@@H]7O[C@@H]7O[C@H](CO)[C@@H](O)[C@H](O)[C@H]7O)[C@H](O)[C@H]6O)CC[C@]5(C)C4CC[C@]3(C)C1[C@@H]2C. The van der Waals surface area contributed by atoms with Crippen molar-refractivity contribution < 1.29 is 109 Å². The number of aliphatic hydroxyl groups excluding tert-OH is 12. The van der Waals surface area contributed by atoms with Crippen LogP contribution in [0.15, 0.2) is 11.6 Å². The van der Waals surface area contributed by atoms with Gasteiger partial charge in [-0.05, 0) is 91.8 Å². The van der Waals surface area contributed by atoms with E-state index in [1.165, 1.54) is 5.57 Å². The molecule has 1 spiro atoms. The number of allylic oxidation sites excluding steroid dienone is 1. The minimum absolute atomic E-state index is 0.0473. The Morgan fingerprint density at radius 3 is 1.94 bits per heavy atom. The molecule has 22 nitrogen and oxygen atoms in total. The van der Waals surface area contributed by atoms with Crippen LogP contribution in [0.3, 0.4) is 0 Å². The van der Waals surface area contributed by atoms with E-state index in [0.29, 0.717) is 48.3 Å². The van der Waals surface area contributed by atoms with E-state index in [1.54, 1.807) is 0 Å². The van der Waals surface area contributed by atoms with Crippen molar-refractivity contribution in [1.82, 2.24) is 0 Å². The zero-order valence-corrected chi connectivity index (χ0v) is 41.5. The summed E-state index contributed by atoms with van der Waals surface area (Å²) in [6, 6.07) is 0. The van der Waals surface area contributed by atoms with Gasteiger partial charge in [0.15, 0.2) is 30.9 Å². The average Bonchev–Trinajstić information content (AvgIpc) is 3.82. The number of hydrogen-bond donors (Lipinski definition) is 12. The number of aliphatic hydroxyl groups is 12. The second-order valence-electron chi connectivity index (χ2n) is 23.5. The summed E-state index contributed by atoms with van der Waals surface area (Å²) in [7, 11) is 0. The molecule has 72 heavy (non-hydrogen) atoms. The molecule has 9 fully saturated rings. The predicted octanol–water partition coefficient (Wildman–Crippen LogP) is -2.35. The molecular weight excluding hydrogens is 953 g/mol. The summed E-state index contributed by atoms with van der Waals surface area (Å²) in [5.74, 6) is 2.46. The van der Waals surface area contributed by atoms with E-state index in [1.807, 2.05) is 0 Å². The van der Waals surface area contributed by atoms with Crippen molar-refractivity contribution in [3.8, 4) is 0 Å². The van der Waals surface area contributed by atoms with Crippen molar-refractivity contribution in [1.29, 1.82) is 0 Å². The highest BCUT2D eigenvalue weighted by Crippen LogP contribution is 2.70. The first kappa shape index (κ1) is 54.2. The van der Waals surface area contributed by atoms with Gasteiger partial charge in [0.1, 0.15) is 91.6 Å². The standard InChI is InChI=1S/C50H80O22/c1-20-7-12-50(64-18-20)21(2)32-28(72-50)14-26-24-6-5-22-13-23(8-10-48(22,3)25(24)9-11-49(26,32)4)65-45-40(62)37(59)41(31(17-53)68-45)69-47-43(71-46-39(61)36(58)34(56)29(15-51)66-46)42(35(57)30(16-52)67-47)70-44-38(60)33(55)27(54)19-63-44/h5,20-21,23-47,51-62H,6-19H2,1-4H3/t20-,21+,23+,24?,25?,26?,27-,28?,29-,30+,31-,32?,33+,34-,35+,36+,37-,38-,39-,40-,41+,42-,43+,44+,45-,46+,47-,48+,49+,50-/m1/s1. The zero-order valence-electron chi connectivity index (χ0n) is 41.5. The van der Waals surface area contributed by atoms with Gasteiger partial charge < -0.3 is 109 Å². The first-order valence-electron chi connectivity index (χ1n) is 26.4. The molecule has 0 aromatic carbocycles. The van der Waals surface area contributed by atoms with Crippen LogP contribution in [-0.4, -0.2) is 229 Å². The van der Waals surface area contributed by atoms with Crippen LogP contribution in [0.25, 0.3) is 0 Å². The van der Waals surface area contributed by atoms with Gasteiger partial charge in [0.05, 0.1) is 45.2 Å². The van der Waals surface area contributed by atoms with Crippen LogP contribution in [0, 0.1) is 46.3 Å². The zero-order chi connectivity index (χ0) is 51.3. The molecule has 5 unspecified atom stereocenters. The molecule has 6 heterocycles. The number of hydrogen-bond acceptors (Lipinski definition) is 22. The van der Waals surface area contributed by atoms with Crippen LogP contribution >= 0.6 is 0 Å². The predicted molar refractivity (Wildman–Crippen MR) is 242 cm³/mol. The molecule has 3 saturated carbocycles. The van der Waals surface area contributed by atoms with Gasteiger partial charge in [-0.2, -0.15) is 0 Å². The van der Waals surface area contributed by atoms with Crippen LogP contribution in [0.4, 0.5) is 0 Å². The molecule has 0 bridgehead atoms. The first-order chi connectivity index (χ1) is 34.3. The number of rotatable bonds is 11. The monoisotopic (exact) mass is 1030 g/mol. The summed E-state index contributed by atoms with van der Waals surface area (Å²) in [5, 5.41) is 129. The molecule has 6 saturated heterocycles. The maximum absolute atomic E-state index is 11.8. The molecule has 0 aromatic rings. The smallest absolute Gasteiger partial charge is 0.187 e. The molecule has 4 aliphatic carbocycles. The largest absolute Gasteiger partial charge is 0.394 e. The maximum atomic E-state index is 11.8. The van der Waals surface area contributed by atoms with Crippen molar-refractivity contribution in [2.75, 3.05) is 33.0 Å². The fourth-order valence-corrected chi connectivity index (χ4v) is 15.3. The lowest BCUT2D eigenvalue weighted by molar-refractivity contribution is -0.403. The van der Waals surface area contributed by atoms with Crippen molar-refractivity contribution in [3.05, 3.63) is 11.6 Å². The molecular formula is C50H80O22. The van der Waals surface area contributed by atoms with Gasteiger partial charge >= 0.3 is 0 Å². The highest BCUT2D eigenvalue weighted by atomic mass is 16.8. The molecule has 6 aliphatic heterocycles. The molecule has 0 radical (unpaired) electrons. The lowest BCUT2D eigenvalue weighted by Crippen LogP contribution is -2.68. The van der Waals surface area contributed by atoms with Crippen LogP contribution in [0.5, 0.6) is 0 Å². The Bertz CT molecular complexity index is 1890. The van der Waals surface area contributed by atoms with Gasteiger partial charge in [-0.25, -0.2) is 0 Å². The van der Waals surface area contributed by atoms with E-state index in [0.717, 1.165) is 51.6 Å². The summed E-state index contributed by atoms with van der Waals surface area (Å²) < 4.78 is 61.3. The molecule has 30 atom stereocenters. The average molecular weight is 1030 g/mol. The van der Waals surface area contributed by atoms with E-state index in [4.69, 9.17) is 47.4 Å². The minimum atomic E-state index is -2.00. The van der Waals surface area contributed by atoms with Crippen LogP contribution in [-0.2, 0) is 47.4 Å².